The van der Waals surface area contributed by atoms with E-state index in [9.17, 15) is 9.59 Å². The van der Waals surface area contributed by atoms with Crippen molar-refractivity contribution >= 4 is 46.0 Å². The average molecular weight is 442 g/mol. The van der Waals surface area contributed by atoms with E-state index < -0.39 is 0 Å². The Morgan fingerprint density at radius 2 is 2.00 bits per heavy atom. The zero-order chi connectivity index (χ0) is 21.1. The number of benzene rings is 2. The summed E-state index contributed by atoms with van der Waals surface area (Å²) < 4.78 is 6.83. The fraction of sp³-hybridized carbons (Fsp3) is 0.100. The maximum absolute atomic E-state index is 13.1. The first-order valence-corrected chi connectivity index (χ1v) is 10.2. The number of hydrogen-bond donors (Lipinski definition) is 2. The van der Waals surface area contributed by atoms with E-state index in [2.05, 4.69) is 20.5 Å². The summed E-state index contributed by atoms with van der Waals surface area (Å²) in [6, 6.07) is 13.9. The van der Waals surface area contributed by atoms with E-state index in [1.54, 1.807) is 42.5 Å². The number of thioether (sulfide) groups is 1. The van der Waals surface area contributed by atoms with Gasteiger partial charge in [0.15, 0.2) is 10.8 Å². The van der Waals surface area contributed by atoms with E-state index in [-0.39, 0.29) is 17.2 Å². The van der Waals surface area contributed by atoms with Gasteiger partial charge in [0.1, 0.15) is 11.1 Å². The largest absolute Gasteiger partial charge is 0.495 e. The van der Waals surface area contributed by atoms with Crippen LogP contribution in [-0.2, 0) is 4.79 Å². The summed E-state index contributed by atoms with van der Waals surface area (Å²) in [4.78, 5) is 30.0. The van der Waals surface area contributed by atoms with E-state index in [1.807, 2.05) is 6.07 Å². The van der Waals surface area contributed by atoms with Crippen LogP contribution in [0.15, 0.2) is 64.7 Å². The first-order chi connectivity index (χ1) is 14.6. The van der Waals surface area contributed by atoms with E-state index in [1.165, 1.54) is 17.9 Å². The standard InChI is InChI=1S/C20H16ClN5O3S/c1-29-16-5-3-2-4-15(16)26-19(28)14-10-22-25-18(14)24-20(26)30-11-17(27)23-13-8-6-12(21)7-9-13/h2-10H,11H2,1H3,(H,22,25)(H,23,27). The lowest BCUT2D eigenvalue weighted by Gasteiger charge is -2.14. The van der Waals surface area contributed by atoms with E-state index in [0.717, 1.165) is 11.8 Å². The number of hydrogen-bond acceptors (Lipinski definition) is 6. The number of H-pyrrole nitrogens is 1. The monoisotopic (exact) mass is 441 g/mol. The Bertz CT molecular complexity index is 1270. The Morgan fingerprint density at radius 1 is 1.23 bits per heavy atom. The SMILES string of the molecule is COc1ccccc1-n1c(SCC(=O)Nc2ccc(Cl)cc2)nc2[nH]ncc2c1=O. The van der Waals surface area contributed by atoms with Gasteiger partial charge in [-0.2, -0.15) is 5.10 Å². The van der Waals surface area contributed by atoms with Crippen LogP contribution in [0.2, 0.25) is 5.02 Å². The van der Waals surface area contributed by atoms with Gasteiger partial charge in [-0.1, -0.05) is 35.5 Å². The molecule has 30 heavy (non-hydrogen) atoms. The summed E-state index contributed by atoms with van der Waals surface area (Å²) >= 11 is 7.00. The summed E-state index contributed by atoms with van der Waals surface area (Å²) in [5.41, 5.74) is 1.20. The molecule has 4 rings (SSSR count). The molecule has 0 spiro atoms. The van der Waals surface area contributed by atoms with Gasteiger partial charge in [0.2, 0.25) is 5.91 Å². The predicted molar refractivity (Wildman–Crippen MR) is 117 cm³/mol. The normalized spacial score (nSPS) is 10.9. The molecule has 0 aliphatic heterocycles. The molecule has 1 amide bonds. The van der Waals surface area contributed by atoms with Crippen molar-refractivity contribution in [3.05, 3.63) is 70.1 Å². The van der Waals surface area contributed by atoms with Gasteiger partial charge in [-0.3, -0.25) is 19.3 Å². The van der Waals surface area contributed by atoms with Crippen LogP contribution in [0.1, 0.15) is 0 Å². The number of ether oxygens (including phenoxy) is 1. The van der Waals surface area contributed by atoms with Crippen LogP contribution in [0, 0.1) is 0 Å². The second-order valence-electron chi connectivity index (χ2n) is 6.18. The molecule has 0 atom stereocenters. The van der Waals surface area contributed by atoms with Crippen LogP contribution >= 0.6 is 23.4 Å². The zero-order valence-corrected chi connectivity index (χ0v) is 17.3. The molecule has 0 bridgehead atoms. The highest BCUT2D eigenvalue weighted by molar-refractivity contribution is 7.99. The molecular formula is C20H16ClN5O3S. The number of methoxy groups -OCH3 is 1. The smallest absolute Gasteiger partial charge is 0.270 e. The summed E-state index contributed by atoms with van der Waals surface area (Å²) in [6.45, 7) is 0. The number of para-hydroxylation sites is 2. The van der Waals surface area contributed by atoms with Crippen LogP contribution in [0.4, 0.5) is 5.69 Å². The van der Waals surface area contributed by atoms with Gasteiger partial charge in [-0.25, -0.2) is 4.98 Å². The van der Waals surface area contributed by atoms with E-state index in [0.29, 0.717) is 38.3 Å². The van der Waals surface area contributed by atoms with Crippen molar-refractivity contribution in [2.75, 3.05) is 18.2 Å². The minimum Gasteiger partial charge on any atom is -0.495 e. The van der Waals surface area contributed by atoms with Gasteiger partial charge in [0, 0.05) is 10.7 Å². The summed E-state index contributed by atoms with van der Waals surface area (Å²) in [5.74, 6) is 0.314. The number of amides is 1. The molecule has 8 nitrogen and oxygen atoms in total. The Balaban J connectivity index is 1.67. The third-order valence-electron chi connectivity index (χ3n) is 4.24. The molecule has 2 heterocycles. The van der Waals surface area contributed by atoms with Crippen molar-refractivity contribution < 1.29 is 9.53 Å². The fourth-order valence-corrected chi connectivity index (χ4v) is 3.78. The number of nitrogens with zero attached hydrogens (tertiary/aromatic N) is 3. The second kappa shape index (κ2) is 8.60. The van der Waals surface area contributed by atoms with Crippen molar-refractivity contribution in [2.24, 2.45) is 0 Å². The average Bonchev–Trinajstić information content (AvgIpc) is 3.23. The third-order valence-corrected chi connectivity index (χ3v) is 5.43. The van der Waals surface area contributed by atoms with Gasteiger partial charge in [-0.05, 0) is 36.4 Å². The molecule has 4 aromatic rings. The Labute approximate surface area is 180 Å². The van der Waals surface area contributed by atoms with Crippen LogP contribution in [-0.4, -0.2) is 38.5 Å². The maximum atomic E-state index is 13.1. The van der Waals surface area contributed by atoms with Crippen molar-refractivity contribution in [3.8, 4) is 11.4 Å². The molecule has 0 aliphatic rings. The minimum atomic E-state index is -0.307. The zero-order valence-electron chi connectivity index (χ0n) is 15.8. The number of carbonyl (C=O) groups excluding carboxylic acids is 1. The molecule has 0 aliphatic carbocycles. The molecule has 0 unspecified atom stereocenters. The molecule has 0 fully saturated rings. The number of nitrogens with one attached hydrogen (secondary N) is 2. The Morgan fingerprint density at radius 3 is 2.77 bits per heavy atom. The van der Waals surface area contributed by atoms with Gasteiger partial charge in [0.25, 0.3) is 5.56 Å². The van der Waals surface area contributed by atoms with Crippen molar-refractivity contribution in [3.63, 3.8) is 0 Å². The predicted octanol–water partition coefficient (Wildman–Crippen LogP) is 3.50. The highest BCUT2D eigenvalue weighted by Crippen LogP contribution is 2.26. The molecule has 2 aromatic heterocycles. The van der Waals surface area contributed by atoms with Gasteiger partial charge < -0.3 is 10.1 Å². The number of halogens is 1. The molecule has 2 N–H and O–H groups in total. The summed E-state index contributed by atoms with van der Waals surface area (Å²) in [7, 11) is 1.53. The molecule has 0 saturated carbocycles. The lowest BCUT2D eigenvalue weighted by Crippen LogP contribution is -2.23. The van der Waals surface area contributed by atoms with Crippen molar-refractivity contribution in [2.45, 2.75) is 5.16 Å². The van der Waals surface area contributed by atoms with Crippen LogP contribution < -0.4 is 15.6 Å². The highest BCUT2D eigenvalue weighted by atomic mass is 35.5. The number of carbonyl (C=O) groups is 1. The van der Waals surface area contributed by atoms with Crippen LogP contribution in [0.25, 0.3) is 16.7 Å². The number of anilines is 1. The van der Waals surface area contributed by atoms with Crippen LogP contribution in [0.5, 0.6) is 5.75 Å². The van der Waals surface area contributed by atoms with E-state index in [4.69, 9.17) is 16.3 Å². The maximum Gasteiger partial charge on any atom is 0.270 e. The first-order valence-electron chi connectivity index (χ1n) is 8.84. The van der Waals surface area contributed by atoms with Gasteiger partial charge in [0.05, 0.1) is 24.7 Å². The molecule has 0 saturated heterocycles. The molecule has 2 aromatic carbocycles. The lowest BCUT2D eigenvalue weighted by molar-refractivity contribution is -0.113. The highest BCUT2D eigenvalue weighted by Gasteiger charge is 2.18. The van der Waals surface area contributed by atoms with Crippen molar-refractivity contribution in [1.29, 1.82) is 0 Å². The molecular weight excluding hydrogens is 426 g/mol. The minimum absolute atomic E-state index is 0.0455. The van der Waals surface area contributed by atoms with Gasteiger partial charge >= 0.3 is 0 Å². The topological polar surface area (TPSA) is 102 Å². The molecule has 0 radical (unpaired) electrons. The van der Waals surface area contributed by atoms with E-state index >= 15 is 0 Å². The number of fused-ring (bicyclic) bond motifs is 1. The van der Waals surface area contributed by atoms with Crippen LogP contribution in [0.3, 0.4) is 0 Å². The Kier molecular flexibility index (Phi) is 5.73. The lowest BCUT2D eigenvalue weighted by atomic mass is 10.3. The summed E-state index contributed by atoms with van der Waals surface area (Å²) in [5, 5.41) is 10.7. The quantitative estimate of drug-likeness (QED) is 0.350. The summed E-state index contributed by atoms with van der Waals surface area (Å²) in [6.07, 6.45) is 1.43. The fourth-order valence-electron chi connectivity index (χ4n) is 2.86. The number of rotatable bonds is 6. The number of aromatic amines is 1. The molecule has 152 valence electrons. The third kappa shape index (κ3) is 4.03. The Hall–Kier alpha value is -3.30. The second-order valence-corrected chi connectivity index (χ2v) is 7.56. The van der Waals surface area contributed by atoms with Gasteiger partial charge in [-0.15, -0.1) is 0 Å². The number of aromatic nitrogens is 4. The molecule has 10 heteroatoms. The first kappa shape index (κ1) is 20.0. The van der Waals surface area contributed by atoms with Crippen molar-refractivity contribution in [1.82, 2.24) is 19.7 Å².